The summed E-state index contributed by atoms with van der Waals surface area (Å²) in [6.07, 6.45) is 2.52. The second-order valence-corrected chi connectivity index (χ2v) is 12.6. The van der Waals surface area contributed by atoms with E-state index in [1.165, 1.54) is 4.72 Å². The Bertz CT molecular complexity index is 2000. The molecule has 5 aromatic rings. The smallest absolute Gasteiger partial charge is 0.478 e. The zero-order chi connectivity index (χ0) is 33.2. The van der Waals surface area contributed by atoms with Crippen LogP contribution in [0.3, 0.4) is 0 Å². The molecular formula is C32H24Cl2F3N3O5S. The van der Waals surface area contributed by atoms with Gasteiger partial charge < -0.3 is 14.8 Å². The van der Waals surface area contributed by atoms with Gasteiger partial charge in [-0.05, 0) is 71.6 Å². The van der Waals surface area contributed by atoms with Crippen molar-refractivity contribution in [3.63, 3.8) is 0 Å². The SMILES string of the molecule is CCC(c1ccc(-c2ccc(Oc3ccc(C(=O)O)cc3NS(=O)(=O)C(F)(F)F)cc2)cc1)c1ncc(-c2ccc(Cl)cc2Cl)[nH]1. The van der Waals surface area contributed by atoms with Crippen molar-refractivity contribution in [2.75, 3.05) is 4.72 Å². The summed E-state index contributed by atoms with van der Waals surface area (Å²) >= 11 is 12.4. The lowest BCUT2D eigenvalue weighted by Crippen LogP contribution is -2.30. The first-order chi connectivity index (χ1) is 21.8. The molecule has 0 aliphatic heterocycles. The van der Waals surface area contributed by atoms with Gasteiger partial charge in [0.25, 0.3) is 0 Å². The van der Waals surface area contributed by atoms with E-state index < -0.39 is 32.8 Å². The number of ether oxygens (including phenoxy) is 1. The number of benzene rings is 4. The highest BCUT2D eigenvalue weighted by atomic mass is 35.5. The maximum Gasteiger partial charge on any atom is 0.516 e. The van der Waals surface area contributed by atoms with Crippen LogP contribution in [0.25, 0.3) is 22.4 Å². The van der Waals surface area contributed by atoms with Crippen LogP contribution in [0.5, 0.6) is 11.5 Å². The number of carboxylic acids is 1. The summed E-state index contributed by atoms with van der Waals surface area (Å²) in [7, 11) is -5.83. The second kappa shape index (κ2) is 13.1. The fourth-order valence-electron chi connectivity index (χ4n) is 4.73. The van der Waals surface area contributed by atoms with Gasteiger partial charge in [-0.1, -0.05) is 66.5 Å². The summed E-state index contributed by atoms with van der Waals surface area (Å²) in [6, 6.07) is 22.6. The third-order valence-corrected chi connectivity index (χ3v) is 8.71. The van der Waals surface area contributed by atoms with Gasteiger partial charge in [-0.2, -0.15) is 21.6 Å². The van der Waals surface area contributed by atoms with Gasteiger partial charge in [0.05, 0.1) is 28.2 Å². The van der Waals surface area contributed by atoms with Gasteiger partial charge in [-0.15, -0.1) is 0 Å². The molecule has 0 bridgehead atoms. The van der Waals surface area contributed by atoms with E-state index in [1.807, 2.05) is 30.3 Å². The highest BCUT2D eigenvalue weighted by Crippen LogP contribution is 2.36. The van der Waals surface area contributed by atoms with E-state index in [1.54, 1.807) is 42.6 Å². The fourth-order valence-corrected chi connectivity index (χ4v) is 5.81. The van der Waals surface area contributed by atoms with Crippen LogP contribution in [0.2, 0.25) is 10.0 Å². The first-order valence-corrected chi connectivity index (χ1v) is 15.8. The molecule has 0 amide bonds. The minimum absolute atomic E-state index is 0.0128. The number of aromatic carboxylic acids is 1. The number of halogens is 5. The first kappa shape index (κ1) is 32.9. The lowest BCUT2D eigenvalue weighted by atomic mass is 9.93. The Labute approximate surface area is 271 Å². The van der Waals surface area contributed by atoms with Crippen molar-refractivity contribution in [2.24, 2.45) is 0 Å². The molecular weight excluding hydrogens is 666 g/mol. The number of alkyl halides is 3. The Morgan fingerprint density at radius 3 is 2.22 bits per heavy atom. The van der Waals surface area contributed by atoms with Gasteiger partial charge in [0, 0.05) is 16.5 Å². The molecule has 14 heteroatoms. The van der Waals surface area contributed by atoms with E-state index in [4.69, 9.17) is 27.9 Å². The fraction of sp³-hybridized carbons (Fsp3) is 0.125. The molecule has 4 aromatic carbocycles. The van der Waals surface area contributed by atoms with E-state index in [-0.39, 0.29) is 17.4 Å². The summed E-state index contributed by atoms with van der Waals surface area (Å²) in [4.78, 5) is 19.3. The van der Waals surface area contributed by atoms with Crippen LogP contribution in [-0.4, -0.2) is 35.0 Å². The lowest BCUT2D eigenvalue weighted by Gasteiger charge is -2.16. The zero-order valence-electron chi connectivity index (χ0n) is 23.8. The van der Waals surface area contributed by atoms with Crippen molar-refractivity contribution in [1.29, 1.82) is 0 Å². The number of nitrogens with one attached hydrogen (secondary N) is 2. The van der Waals surface area contributed by atoms with Crippen LogP contribution >= 0.6 is 23.2 Å². The van der Waals surface area contributed by atoms with Crippen LogP contribution in [0, 0.1) is 0 Å². The molecule has 1 atom stereocenters. The molecule has 1 unspecified atom stereocenters. The van der Waals surface area contributed by atoms with E-state index in [0.717, 1.165) is 58.4 Å². The molecule has 3 N–H and O–H groups in total. The highest BCUT2D eigenvalue weighted by Gasteiger charge is 2.46. The molecule has 5 rings (SSSR count). The Morgan fingerprint density at radius 2 is 1.63 bits per heavy atom. The molecule has 238 valence electrons. The van der Waals surface area contributed by atoms with Gasteiger partial charge in [0.1, 0.15) is 11.6 Å². The summed E-state index contributed by atoms with van der Waals surface area (Å²) in [5.41, 5.74) is -2.45. The molecule has 1 aromatic heterocycles. The largest absolute Gasteiger partial charge is 0.516 e. The molecule has 0 aliphatic carbocycles. The van der Waals surface area contributed by atoms with Crippen LogP contribution < -0.4 is 9.46 Å². The number of hydrogen-bond donors (Lipinski definition) is 3. The Kier molecular flexibility index (Phi) is 9.34. The van der Waals surface area contributed by atoms with E-state index >= 15 is 0 Å². The lowest BCUT2D eigenvalue weighted by molar-refractivity contribution is -0.0429. The predicted octanol–water partition coefficient (Wildman–Crippen LogP) is 9.34. The van der Waals surface area contributed by atoms with Crippen molar-refractivity contribution >= 4 is 44.9 Å². The Balaban J connectivity index is 1.33. The van der Waals surface area contributed by atoms with Crippen LogP contribution in [0.1, 0.15) is 41.0 Å². The number of hydrogen-bond acceptors (Lipinski definition) is 5. The Hall–Kier alpha value is -4.52. The number of nitrogens with zero attached hydrogens (tertiary/aromatic N) is 1. The van der Waals surface area contributed by atoms with Gasteiger partial charge in [0.2, 0.25) is 0 Å². The minimum Gasteiger partial charge on any atom is -0.478 e. The maximum atomic E-state index is 13.0. The molecule has 0 saturated heterocycles. The molecule has 0 radical (unpaired) electrons. The van der Waals surface area contributed by atoms with Crippen LogP contribution in [0.15, 0.2) is 91.1 Å². The zero-order valence-corrected chi connectivity index (χ0v) is 26.1. The minimum atomic E-state index is -5.83. The van der Waals surface area contributed by atoms with E-state index in [0.29, 0.717) is 10.0 Å². The summed E-state index contributed by atoms with van der Waals surface area (Å²) < 4.78 is 69.4. The number of anilines is 1. The summed E-state index contributed by atoms with van der Waals surface area (Å²) in [5, 5.41) is 10.3. The molecule has 1 heterocycles. The molecule has 0 spiro atoms. The first-order valence-electron chi connectivity index (χ1n) is 13.6. The third kappa shape index (κ3) is 7.14. The molecule has 0 fully saturated rings. The number of sulfonamides is 1. The topological polar surface area (TPSA) is 121 Å². The number of carbonyl (C=O) groups is 1. The standard InChI is InChI=1S/C32H24Cl2F3N3O5S/c1-2-24(30-38-17-28(39-30)25-13-10-22(33)16-26(25)34)20-5-3-18(4-6-20)19-7-11-23(12-8-19)45-29-14-9-21(31(41)42)15-27(29)40-46(43,44)32(35,36)37/h3-17,24,40H,2H2,1H3,(H,38,39)(H,41,42). The summed E-state index contributed by atoms with van der Waals surface area (Å²) in [5.74, 6) is -0.833. The number of rotatable bonds is 10. The number of H-pyrrole nitrogens is 1. The van der Waals surface area contributed by atoms with Crippen molar-refractivity contribution < 1.29 is 36.2 Å². The highest BCUT2D eigenvalue weighted by molar-refractivity contribution is 7.93. The Morgan fingerprint density at radius 1 is 0.978 bits per heavy atom. The van der Waals surface area contributed by atoms with Crippen molar-refractivity contribution in [3.8, 4) is 33.9 Å². The number of imidazole rings is 1. The van der Waals surface area contributed by atoms with Gasteiger partial charge >= 0.3 is 21.5 Å². The van der Waals surface area contributed by atoms with E-state index in [2.05, 4.69) is 16.9 Å². The monoisotopic (exact) mass is 689 g/mol. The van der Waals surface area contributed by atoms with E-state index in [9.17, 15) is 31.5 Å². The predicted molar refractivity (Wildman–Crippen MR) is 170 cm³/mol. The van der Waals surface area contributed by atoms with Crippen LogP contribution in [-0.2, 0) is 10.0 Å². The summed E-state index contributed by atoms with van der Waals surface area (Å²) in [6.45, 7) is 2.06. The second-order valence-electron chi connectivity index (χ2n) is 10.1. The quantitative estimate of drug-likeness (QED) is 0.134. The van der Waals surface area contributed by atoms with Crippen molar-refractivity contribution in [1.82, 2.24) is 9.97 Å². The average Bonchev–Trinajstić information content (AvgIpc) is 3.48. The molecule has 0 saturated carbocycles. The maximum absolute atomic E-state index is 13.0. The number of carboxylic acid groups (broad SMARTS) is 1. The van der Waals surface area contributed by atoms with Crippen molar-refractivity contribution in [3.05, 3.63) is 118 Å². The van der Waals surface area contributed by atoms with Crippen molar-refractivity contribution in [2.45, 2.75) is 24.8 Å². The molecule has 0 aliphatic rings. The van der Waals surface area contributed by atoms with Crippen LogP contribution in [0.4, 0.5) is 18.9 Å². The number of aromatic nitrogens is 2. The average molecular weight is 691 g/mol. The normalized spacial score (nSPS) is 12.5. The van der Waals surface area contributed by atoms with Gasteiger partial charge in [0.15, 0.2) is 5.75 Å². The third-order valence-electron chi connectivity index (χ3n) is 7.06. The number of aromatic amines is 1. The molecule has 8 nitrogen and oxygen atoms in total. The molecule has 46 heavy (non-hydrogen) atoms. The van der Waals surface area contributed by atoms with Gasteiger partial charge in [-0.3, -0.25) is 4.72 Å². The van der Waals surface area contributed by atoms with Gasteiger partial charge in [-0.25, -0.2) is 9.78 Å².